The lowest BCUT2D eigenvalue weighted by atomic mass is 10.1. The molecular formula is C23H24ClN3O. The zero-order chi connectivity index (χ0) is 19.7. The molecule has 4 nitrogen and oxygen atoms in total. The molecule has 1 aliphatic rings. The summed E-state index contributed by atoms with van der Waals surface area (Å²) in [6.45, 7) is 5.31. The van der Waals surface area contributed by atoms with Crippen molar-refractivity contribution in [2.45, 2.75) is 39.3 Å². The van der Waals surface area contributed by atoms with Gasteiger partial charge >= 0.3 is 0 Å². The van der Waals surface area contributed by atoms with Crippen LogP contribution in [0.2, 0.25) is 5.02 Å². The fourth-order valence-corrected chi connectivity index (χ4v) is 4.09. The number of nitrogens with zero attached hydrogens (tertiary/aromatic N) is 2. The molecule has 2 atom stereocenters. The van der Waals surface area contributed by atoms with Gasteiger partial charge in [0.2, 0.25) is 5.91 Å². The molecule has 4 rings (SSSR count). The van der Waals surface area contributed by atoms with E-state index in [1.54, 1.807) is 0 Å². The number of hydrogen-bond acceptors (Lipinski definition) is 2. The molecule has 5 heteroatoms. The zero-order valence-corrected chi connectivity index (χ0v) is 16.9. The van der Waals surface area contributed by atoms with Gasteiger partial charge in [0.25, 0.3) is 0 Å². The van der Waals surface area contributed by atoms with Crippen molar-refractivity contribution < 1.29 is 4.79 Å². The van der Waals surface area contributed by atoms with Crippen LogP contribution in [0.3, 0.4) is 0 Å². The van der Waals surface area contributed by atoms with Crippen LogP contribution in [0.5, 0.6) is 0 Å². The lowest BCUT2D eigenvalue weighted by Crippen LogP contribution is -2.25. The second-order valence-electron chi connectivity index (χ2n) is 7.48. The Morgan fingerprint density at radius 3 is 2.61 bits per heavy atom. The first-order chi connectivity index (χ1) is 13.5. The van der Waals surface area contributed by atoms with Crippen molar-refractivity contribution >= 4 is 17.5 Å². The van der Waals surface area contributed by atoms with Gasteiger partial charge in [-0.3, -0.25) is 9.48 Å². The number of hydrogen-bond donors (Lipinski definition) is 1. The van der Waals surface area contributed by atoms with Crippen molar-refractivity contribution in [3.8, 4) is 0 Å². The molecule has 144 valence electrons. The van der Waals surface area contributed by atoms with Crippen LogP contribution >= 0.6 is 11.6 Å². The van der Waals surface area contributed by atoms with Crippen molar-refractivity contribution in [1.29, 1.82) is 0 Å². The van der Waals surface area contributed by atoms with Crippen molar-refractivity contribution in [2.24, 2.45) is 5.92 Å². The summed E-state index contributed by atoms with van der Waals surface area (Å²) >= 11 is 6.27. The van der Waals surface area contributed by atoms with E-state index in [0.717, 1.165) is 40.5 Å². The van der Waals surface area contributed by atoms with Crippen LogP contribution in [0.4, 0.5) is 0 Å². The Bertz CT molecular complexity index is 996. The maximum Gasteiger partial charge on any atom is 0.224 e. The third kappa shape index (κ3) is 3.83. The van der Waals surface area contributed by atoms with E-state index in [1.165, 1.54) is 5.56 Å². The van der Waals surface area contributed by atoms with Crippen LogP contribution in [0.25, 0.3) is 0 Å². The normalized spacial score (nSPS) is 18.1. The average Bonchev–Trinajstić information content (AvgIpc) is 3.44. The molecule has 2 aromatic carbocycles. The molecule has 0 saturated heterocycles. The van der Waals surface area contributed by atoms with Crippen molar-refractivity contribution in [3.63, 3.8) is 0 Å². The third-order valence-electron chi connectivity index (χ3n) is 5.58. The molecule has 1 fully saturated rings. The number of aryl methyl sites for hydroxylation is 1. The van der Waals surface area contributed by atoms with Crippen LogP contribution in [0.1, 0.15) is 40.4 Å². The van der Waals surface area contributed by atoms with Gasteiger partial charge in [0.1, 0.15) is 0 Å². The van der Waals surface area contributed by atoms with E-state index >= 15 is 0 Å². The van der Waals surface area contributed by atoms with E-state index in [-0.39, 0.29) is 17.7 Å². The Hall–Kier alpha value is -2.59. The van der Waals surface area contributed by atoms with Crippen LogP contribution in [0, 0.1) is 19.8 Å². The summed E-state index contributed by atoms with van der Waals surface area (Å²) < 4.78 is 2.01. The Balaban J connectivity index is 1.39. The number of carbonyl (C=O) groups is 1. The molecule has 3 aromatic rings. The summed E-state index contributed by atoms with van der Waals surface area (Å²) in [6.07, 6.45) is 0.862. The molecule has 0 radical (unpaired) electrons. The minimum atomic E-state index is 0.0138. The SMILES string of the molecule is Cc1nn(Cc2ccccc2)c(C)c1CNC(=O)[C@H]1C[C@H]1c1ccccc1Cl. The van der Waals surface area contributed by atoms with Crippen LogP contribution in [-0.4, -0.2) is 15.7 Å². The molecule has 1 aliphatic carbocycles. The van der Waals surface area contributed by atoms with E-state index in [4.69, 9.17) is 11.6 Å². The highest BCUT2D eigenvalue weighted by atomic mass is 35.5. The second-order valence-corrected chi connectivity index (χ2v) is 7.89. The average molecular weight is 394 g/mol. The largest absolute Gasteiger partial charge is 0.352 e. The number of aromatic nitrogens is 2. The molecular weight excluding hydrogens is 370 g/mol. The van der Waals surface area contributed by atoms with Gasteiger partial charge < -0.3 is 5.32 Å². The number of carbonyl (C=O) groups excluding carboxylic acids is 1. The van der Waals surface area contributed by atoms with Crippen LogP contribution in [-0.2, 0) is 17.9 Å². The van der Waals surface area contributed by atoms with Crippen molar-refractivity contribution in [3.05, 3.63) is 87.7 Å². The summed E-state index contributed by atoms with van der Waals surface area (Å²) in [4.78, 5) is 12.6. The van der Waals surface area contributed by atoms with Gasteiger partial charge in [-0.1, -0.05) is 60.1 Å². The lowest BCUT2D eigenvalue weighted by Gasteiger charge is -2.08. The molecule has 28 heavy (non-hydrogen) atoms. The Labute approximate surface area is 170 Å². The minimum absolute atomic E-state index is 0.0138. The molecule has 1 N–H and O–H groups in total. The third-order valence-corrected chi connectivity index (χ3v) is 5.92. The highest BCUT2D eigenvalue weighted by molar-refractivity contribution is 6.31. The van der Waals surface area contributed by atoms with Gasteiger partial charge in [-0.05, 0) is 43.4 Å². The molecule has 1 aromatic heterocycles. The molecule has 1 saturated carbocycles. The fourth-order valence-electron chi connectivity index (χ4n) is 3.81. The Kier molecular flexibility index (Phi) is 5.23. The first-order valence-electron chi connectivity index (χ1n) is 9.63. The van der Waals surface area contributed by atoms with Gasteiger partial charge in [0.05, 0.1) is 12.2 Å². The maximum atomic E-state index is 12.6. The molecule has 0 spiro atoms. The first kappa shape index (κ1) is 18.8. The van der Waals surface area contributed by atoms with E-state index in [0.29, 0.717) is 6.54 Å². The number of benzene rings is 2. The topological polar surface area (TPSA) is 46.9 Å². The summed E-state index contributed by atoms with van der Waals surface area (Å²) in [5.74, 6) is 0.344. The van der Waals surface area contributed by atoms with E-state index in [2.05, 4.69) is 29.5 Å². The first-order valence-corrected chi connectivity index (χ1v) is 10.0. The van der Waals surface area contributed by atoms with Gasteiger partial charge in [-0.15, -0.1) is 0 Å². The quantitative estimate of drug-likeness (QED) is 0.664. The maximum absolute atomic E-state index is 12.6. The standard InChI is InChI=1S/C23H24ClN3O/c1-15-21(16(2)27(26-15)14-17-8-4-3-5-9-17)13-25-23(28)20-12-19(20)18-10-6-7-11-22(18)24/h3-11,19-20H,12-14H2,1-2H3,(H,25,28)/t19-,20-/m0/s1. The minimum Gasteiger partial charge on any atom is -0.352 e. The molecule has 0 unspecified atom stereocenters. The molecule has 0 bridgehead atoms. The molecule has 0 aliphatic heterocycles. The summed E-state index contributed by atoms with van der Waals surface area (Å²) in [5, 5.41) is 8.52. The Morgan fingerprint density at radius 1 is 1.14 bits per heavy atom. The van der Waals surface area contributed by atoms with Gasteiger partial charge in [-0.25, -0.2) is 0 Å². The fraction of sp³-hybridized carbons (Fsp3) is 0.304. The summed E-state index contributed by atoms with van der Waals surface area (Å²) in [5.41, 5.74) is 5.45. The Morgan fingerprint density at radius 2 is 1.86 bits per heavy atom. The lowest BCUT2D eigenvalue weighted by molar-refractivity contribution is -0.122. The van der Waals surface area contributed by atoms with E-state index in [1.807, 2.05) is 54.1 Å². The predicted octanol–water partition coefficient (Wildman–Crippen LogP) is 4.62. The number of rotatable bonds is 6. The highest BCUT2D eigenvalue weighted by Crippen LogP contribution is 2.49. The smallest absolute Gasteiger partial charge is 0.224 e. The van der Waals surface area contributed by atoms with Gasteiger partial charge in [-0.2, -0.15) is 5.10 Å². The molecule has 1 amide bonds. The zero-order valence-electron chi connectivity index (χ0n) is 16.2. The number of amides is 1. The van der Waals surface area contributed by atoms with Crippen LogP contribution < -0.4 is 5.32 Å². The number of nitrogens with one attached hydrogen (secondary N) is 1. The van der Waals surface area contributed by atoms with Crippen molar-refractivity contribution in [2.75, 3.05) is 0 Å². The second kappa shape index (κ2) is 7.80. The van der Waals surface area contributed by atoms with E-state index in [9.17, 15) is 4.79 Å². The van der Waals surface area contributed by atoms with Crippen molar-refractivity contribution in [1.82, 2.24) is 15.1 Å². The monoisotopic (exact) mass is 393 g/mol. The highest BCUT2D eigenvalue weighted by Gasteiger charge is 2.44. The van der Waals surface area contributed by atoms with Gasteiger partial charge in [0, 0.05) is 28.7 Å². The van der Waals surface area contributed by atoms with Crippen LogP contribution in [0.15, 0.2) is 54.6 Å². The molecule has 1 heterocycles. The summed E-state index contributed by atoms with van der Waals surface area (Å²) in [7, 11) is 0. The van der Waals surface area contributed by atoms with Gasteiger partial charge in [0.15, 0.2) is 0 Å². The van der Waals surface area contributed by atoms with E-state index < -0.39 is 0 Å². The summed E-state index contributed by atoms with van der Waals surface area (Å²) in [6, 6.07) is 18.1. The number of halogens is 1. The predicted molar refractivity (Wildman–Crippen MR) is 111 cm³/mol.